The van der Waals surface area contributed by atoms with Crippen molar-refractivity contribution in [2.24, 2.45) is 5.92 Å². The second-order valence-electron chi connectivity index (χ2n) is 12.0. The predicted molar refractivity (Wildman–Crippen MR) is 164 cm³/mol. The van der Waals surface area contributed by atoms with Crippen LogP contribution in [-0.2, 0) is 22.5 Å². The highest BCUT2D eigenvalue weighted by molar-refractivity contribution is 5.71. The SMILES string of the molecule is CCCCCCCCCCCc1ccccc1OC(CC)COC(=O)C(C)CC[N+](C)(C)Cc1ccccc1. The molecule has 0 saturated carbocycles. The van der Waals surface area contributed by atoms with E-state index in [1.165, 1.54) is 68.9 Å². The summed E-state index contributed by atoms with van der Waals surface area (Å²) in [7, 11) is 4.44. The van der Waals surface area contributed by atoms with E-state index < -0.39 is 0 Å². The Labute approximate surface area is 239 Å². The highest BCUT2D eigenvalue weighted by Gasteiger charge is 2.23. The lowest BCUT2D eigenvalue weighted by Crippen LogP contribution is -2.40. The number of para-hydroxylation sites is 1. The third-order valence-electron chi connectivity index (χ3n) is 7.71. The average Bonchev–Trinajstić information content (AvgIpc) is 2.94. The molecule has 2 aromatic rings. The number of hydrogen-bond acceptors (Lipinski definition) is 3. The van der Waals surface area contributed by atoms with Gasteiger partial charge in [-0.05, 0) is 30.9 Å². The lowest BCUT2D eigenvalue weighted by Gasteiger charge is -2.30. The molecule has 0 spiro atoms. The van der Waals surface area contributed by atoms with Crippen molar-refractivity contribution in [1.82, 2.24) is 0 Å². The Balaban J connectivity index is 1.72. The van der Waals surface area contributed by atoms with Crippen LogP contribution in [0.2, 0.25) is 0 Å². The minimum atomic E-state index is -0.130. The molecule has 0 heterocycles. The third-order valence-corrected chi connectivity index (χ3v) is 7.71. The van der Waals surface area contributed by atoms with Crippen LogP contribution in [0.1, 0.15) is 103 Å². The summed E-state index contributed by atoms with van der Waals surface area (Å²) in [5, 5.41) is 0. The van der Waals surface area contributed by atoms with Gasteiger partial charge in [0.25, 0.3) is 0 Å². The van der Waals surface area contributed by atoms with Crippen molar-refractivity contribution in [3.05, 3.63) is 65.7 Å². The molecule has 4 heteroatoms. The van der Waals surface area contributed by atoms with Crippen molar-refractivity contribution in [1.29, 1.82) is 0 Å². The summed E-state index contributed by atoms with van der Waals surface area (Å²) in [5.74, 6) is 0.683. The van der Waals surface area contributed by atoms with Crippen molar-refractivity contribution >= 4 is 5.97 Å². The largest absolute Gasteiger partial charge is 0.487 e. The van der Waals surface area contributed by atoms with Crippen LogP contribution in [0.5, 0.6) is 5.75 Å². The molecule has 0 bridgehead atoms. The normalized spacial score (nSPS) is 13.2. The maximum absolute atomic E-state index is 12.8. The van der Waals surface area contributed by atoms with Crippen LogP contribution in [-0.4, -0.2) is 43.8 Å². The van der Waals surface area contributed by atoms with Gasteiger partial charge in [0.2, 0.25) is 0 Å². The fourth-order valence-corrected chi connectivity index (χ4v) is 5.00. The molecule has 0 aliphatic carbocycles. The summed E-state index contributed by atoms with van der Waals surface area (Å²) in [6.45, 7) is 8.52. The van der Waals surface area contributed by atoms with Gasteiger partial charge in [-0.1, -0.05) is 121 Å². The van der Waals surface area contributed by atoms with Crippen molar-refractivity contribution in [3.8, 4) is 5.75 Å². The first-order chi connectivity index (χ1) is 18.8. The van der Waals surface area contributed by atoms with Gasteiger partial charge in [-0.3, -0.25) is 4.79 Å². The molecular weight excluding hydrogens is 482 g/mol. The molecule has 0 amide bonds. The van der Waals surface area contributed by atoms with E-state index in [4.69, 9.17) is 9.47 Å². The fraction of sp³-hybridized carbons (Fsp3) is 0.629. The highest BCUT2D eigenvalue weighted by atomic mass is 16.6. The maximum atomic E-state index is 12.8. The maximum Gasteiger partial charge on any atom is 0.309 e. The number of hydrogen-bond donors (Lipinski definition) is 0. The first kappa shape index (κ1) is 32.9. The molecule has 2 unspecified atom stereocenters. The first-order valence-electron chi connectivity index (χ1n) is 15.6. The Bertz CT molecular complexity index is 911. The zero-order chi connectivity index (χ0) is 28.3. The summed E-state index contributed by atoms with van der Waals surface area (Å²) in [4.78, 5) is 12.8. The van der Waals surface area contributed by atoms with Crippen LogP contribution in [0.15, 0.2) is 54.6 Å². The van der Waals surface area contributed by atoms with Gasteiger partial charge in [0.05, 0.1) is 26.6 Å². The molecule has 2 aromatic carbocycles. The first-order valence-corrected chi connectivity index (χ1v) is 15.6. The number of unbranched alkanes of at least 4 members (excludes halogenated alkanes) is 8. The summed E-state index contributed by atoms with van der Waals surface area (Å²) < 4.78 is 12.9. The molecule has 0 aliphatic rings. The van der Waals surface area contributed by atoms with E-state index in [1.807, 2.05) is 19.1 Å². The summed E-state index contributed by atoms with van der Waals surface area (Å²) >= 11 is 0. The average molecular weight is 539 g/mol. The molecule has 4 nitrogen and oxygen atoms in total. The van der Waals surface area contributed by atoms with E-state index >= 15 is 0 Å². The van der Waals surface area contributed by atoms with Crippen LogP contribution in [0.25, 0.3) is 0 Å². The monoisotopic (exact) mass is 538 g/mol. The van der Waals surface area contributed by atoms with Gasteiger partial charge < -0.3 is 14.0 Å². The molecular formula is C35H56NO3+. The number of rotatable bonds is 21. The van der Waals surface area contributed by atoms with E-state index in [1.54, 1.807) is 0 Å². The number of esters is 1. The predicted octanol–water partition coefficient (Wildman–Crippen LogP) is 8.76. The van der Waals surface area contributed by atoms with Crippen LogP contribution in [0.4, 0.5) is 0 Å². The zero-order valence-electron chi connectivity index (χ0n) is 25.6. The van der Waals surface area contributed by atoms with Crippen LogP contribution in [0, 0.1) is 5.92 Å². The second-order valence-corrected chi connectivity index (χ2v) is 12.0. The molecule has 0 saturated heterocycles. The molecule has 218 valence electrons. The van der Waals surface area contributed by atoms with Crippen LogP contribution >= 0.6 is 0 Å². The Hall–Kier alpha value is -2.33. The Kier molecular flexibility index (Phi) is 15.9. The lowest BCUT2D eigenvalue weighted by molar-refractivity contribution is -0.904. The van der Waals surface area contributed by atoms with Gasteiger partial charge in [-0.15, -0.1) is 0 Å². The number of aryl methyl sites for hydroxylation is 1. The van der Waals surface area contributed by atoms with Crippen molar-refractivity contribution in [2.75, 3.05) is 27.2 Å². The van der Waals surface area contributed by atoms with E-state index in [2.05, 4.69) is 70.4 Å². The van der Waals surface area contributed by atoms with Crippen LogP contribution < -0.4 is 4.74 Å². The Morgan fingerprint density at radius 1 is 0.821 bits per heavy atom. The lowest BCUT2D eigenvalue weighted by atomic mass is 10.0. The fourth-order valence-electron chi connectivity index (χ4n) is 5.00. The zero-order valence-corrected chi connectivity index (χ0v) is 25.6. The van der Waals surface area contributed by atoms with Gasteiger partial charge in [0, 0.05) is 12.0 Å². The summed E-state index contributed by atoms with van der Waals surface area (Å²) in [5.41, 5.74) is 2.58. The quantitative estimate of drug-likeness (QED) is 0.0905. The standard InChI is InChI=1S/C35H56NO3/c1-6-8-9-10-11-12-13-14-18-23-32-24-19-20-25-34(32)39-33(7-2)29-38-35(37)30(3)26-27-36(4,5)28-31-21-16-15-17-22-31/h15-17,19-22,24-25,30,33H,6-14,18,23,26-29H2,1-5H3/q+1. The van der Waals surface area contributed by atoms with Crippen molar-refractivity contribution in [3.63, 3.8) is 0 Å². The Morgan fingerprint density at radius 3 is 2.10 bits per heavy atom. The van der Waals surface area contributed by atoms with Crippen molar-refractivity contribution in [2.45, 2.75) is 110 Å². The number of quaternary nitrogens is 1. The molecule has 0 N–H and O–H groups in total. The molecule has 0 fully saturated rings. The van der Waals surface area contributed by atoms with E-state index in [0.29, 0.717) is 6.61 Å². The molecule has 0 aliphatic heterocycles. The molecule has 2 rings (SSSR count). The van der Waals surface area contributed by atoms with Gasteiger partial charge >= 0.3 is 5.97 Å². The Morgan fingerprint density at radius 2 is 1.44 bits per heavy atom. The molecule has 0 aromatic heterocycles. The van der Waals surface area contributed by atoms with Gasteiger partial charge in [0.15, 0.2) is 0 Å². The number of carbonyl (C=O) groups excluding carboxylic acids is 1. The molecule has 0 radical (unpaired) electrons. The smallest absolute Gasteiger partial charge is 0.309 e. The minimum absolute atomic E-state index is 0.125. The van der Waals surface area contributed by atoms with Gasteiger partial charge in [0.1, 0.15) is 25.0 Å². The number of benzene rings is 2. The highest BCUT2D eigenvalue weighted by Crippen LogP contribution is 2.23. The third kappa shape index (κ3) is 14.0. The number of ether oxygens (including phenoxy) is 2. The van der Waals surface area contributed by atoms with Crippen molar-refractivity contribution < 1.29 is 18.8 Å². The van der Waals surface area contributed by atoms with E-state index in [9.17, 15) is 4.79 Å². The summed E-state index contributed by atoms with van der Waals surface area (Å²) in [6.07, 6.45) is 14.5. The van der Waals surface area contributed by atoms with E-state index in [0.717, 1.165) is 42.6 Å². The number of carbonyl (C=O) groups is 1. The summed E-state index contributed by atoms with van der Waals surface area (Å²) in [6, 6.07) is 18.9. The molecule has 2 atom stereocenters. The minimum Gasteiger partial charge on any atom is -0.487 e. The topological polar surface area (TPSA) is 35.5 Å². The van der Waals surface area contributed by atoms with Crippen LogP contribution in [0.3, 0.4) is 0 Å². The molecule has 39 heavy (non-hydrogen) atoms. The number of nitrogens with zero attached hydrogens (tertiary/aromatic N) is 1. The second kappa shape index (κ2) is 18.9. The van der Waals surface area contributed by atoms with Gasteiger partial charge in [-0.2, -0.15) is 0 Å². The van der Waals surface area contributed by atoms with E-state index in [-0.39, 0.29) is 18.0 Å². The van der Waals surface area contributed by atoms with Gasteiger partial charge in [-0.25, -0.2) is 0 Å².